The summed E-state index contributed by atoms with van der Waals surface area (Å²) in [4.78, 5) is 21.7. The first-order valence-electron chi connectivity index (χ1n) is 9.28. The summed E-state index contributed by atoms with van der Waals surface area (Å²) < 4.78 is 19.0. The van der Waals surface area contributed by atoms with E-state index >= 15 is 0 Å². The van der Waals surface area contributed by atoms with Gasteiger partial charge in [-0.1, -0.05) is 6.58 Å². The molecule has 1 N–H and O–H groups in total. The summed E-state index contributed by atoms with van der Waals surface area (Å²) in [5.41, 5.74) is 3.38. The fourth-order valence-corrected chi connectivity index (χ4v) is 3.29. The van der Waals surface area contributed by atoms with Crippen molar-refractivity contribution >= 4 is 28.5 Å². The third kappa shape index (κ3) is 3.44. The van der Waals surface area contributed by atoms with E-state index in [2.05, 4.69) is 21.9 Å². The van der Waals surface area contributed by atoms with Gasteiger partial charge in [-0.25, -0.2) is 14.3 Å². The second-order valence-corrected chi connectivity index (χ2v) is 6.89. The molecular weight excluding hydrogens is 374 g/mol. The molecule has 0 saturated carbocycles. The molecule has 9 heteroatoms. The lowest BCUT2D eigenvalue weighted by Crippen LogP contribution is -2.21. The Kier molecular flexibility index (Phi) is 4.98. The average Bonchev–Trinajstić information content (AvgIpc) is 3.24. The number of rotatable bonds is 7. The van der Waals surface area contributed by atoms with Crippen molar-refractivity contribution in [1.82, 2.24) is 19.1 Å². The van der Waals surface area contributed by atoms with Gasteiger partial charge in [0, 0.05) is 38.2 Å². The van der Waals surface area contributed by atoms with Gasteiger partial charge in [0.05, 0.1) is 6.20 Å². The number of hydrogen-bond donors (Lipinski definition) is 1. The van der Waals surface area contributed by atoms with Crippen molar-refractivity contribution in [1.29, 1.82) is 0 Å². The highest BCUT2D eigenvalue weighted by molar-refractivity contribution is 5.77. The zero-order valence-electron chi connectivity index (χ0n) is 16.7. The topological polar surface area (TPSA) is 92.4 Å². The molecule has 1 aliphatic rings. The van der Waals surface area contributed by atoms with Gasteiger partial charge in [-0.2, -0.15) is 4.98 Å². The second-order valence-electron chi connectivity index (χ2n) is 6.89. The minimum Gasteiger partial charge on any atom is -0.454 e. The molecule has 0 unspecified atom stereocenters. The minimum absolute atomic E-state index is 0.201. The molecule has 0 atom stereocenters. The predicted octanol–water partition coefficient (Wildman–Crippen LogP) is 2.81. The molecule has 4 rings (SSSR count). The third-order valence-electron chi connectivity index (χ3n) is 4.90. The Labute approximate surface area is 167 Å². The molecule has 9 nitrogen and oxygen atoms in total. The van der Waals surface area contributed by atoms with Crippen LogP contribution in [-0.2, 0) is 11.8 Å². The molecule has 0 spiro atoms. The molecule has 0 amide bonds. The maximum Gasteiger partial charge on any atom is 0.334 e. The zero-order chi connectivity index (χ0) is 20.5. The highest BCUT2D eigenvalue weighted by Crippen LogP contribution is 2.37. The van der Waals surface area contributed by atoms with E-state index in [0.717, 1.165) is 17.7 Å². The molecule has 3 aromatic rings. The van der Waals surface area contributed by atoms with Crippen molar-refractivity contribution in [3.63, 3.8) is 0 Å². The molecule has 1 aliphatic heterocycles. The lowest BCUT2D eigenvalue weighted by atomic mass is 10.2. The highest BCUT2D eigenvalue weighted by Gasteiger charge is 2.18. The number of allylic oxidation sites excluding steroid dienone is 1. The fourth-order valence-electron chi connectivity index (χ4n) is 3.29. The monoisotopic (exact) mass is 397 g/mol. The van der Waals surface area contributed by atoms with Crippen LogP contribution in [-0.4, -0.2) is 39.6 Å². The van der Waals surface area contributed by atoms with Crippen LogP contribution in [0.4, 0.5) is 11.6 Å². The Morgan fingerprint density at radius 1 is 1.34 bits per heavy atom. The van der Waals surface area contributed by atoms with Gasteiger partial charge in [0.15, 0.2) is 17.1 Å². The number of methoxy groups -OCH3 is 1. The van der Waals surface area contributed by atoms with E-state index in [1.807, 2.05) is 19.1 Å². The second kappa shape index (κ2) is 7.59. The molecule has 0 bridgehead atoms. The quantitative estimate of drug-likeness (QED) is 0.613. The first-order chi connectivity index (χ1) is 14.0. The van der Waals surface area contributed by atoms with Crippen LogP contribution in [0.5, 0.6) is 11.5 Å². The zero-order valence-corrected chi connectivity index (χ0v) is 16.7. The van der Waals surface area contributed by atoms with Crippen LogP contribution in [0.2, 0.25) is 0 Å². The van der Waals surface area contributed by atoms with Crippen LogP contribution in [0.1, 0.15) is 18.4 Å². The number of benzene rings is 1. The third-order valence-corrected chi connectivity index (χ3v) is 4.90. The molecule has 0 fully saturated rings. The number of aromatic nitrogens is 4. The van der Waals surface area contributed by atoms with Crippen molar-refractivity contribution < 1.29 is 14.2 Å². The first kappa shape index (κ1) is 19.0. The molecule has 0 saturated heterocycles. The molecule has 2 aromatic heterocycles. The Morgan fingerprint density at radius 3 is 2.86 bits per heavy atom. The molecule has 1 aromatic carbocycles. The summed E-state index contributed by atoms with van der Waals surface area (Å²) >= 11 is 0. The highest BCUT2D eigenvalue weighted by atomic mass is 16.7. The van der Waals surface area contributed by atoms with Crippen molar-refractivity contribution in [3.8, 4) is 11.5 Å². The Morgan fingerprint density at radius 2 is 2.10 bits per heavy atom. The number of nitrogens with one attached hydrogen (secondary N) is 1. The molecule has 152 valence electrons. The smallest absolute Gasteiger partial charge is 0.334 e. The van der Waals surface area contributed by atoms with Gasteiger partial charge < -0.3 is 19.5 Å². The van der Waals surface area contributed by atoms with Crippen LogP contribution in [0, 0.1) is 6.92 Å². The summed E-state index contributed by atoms with van der Waals surface area (Å²) in [5, 5.41) is 3.21. The molecule has 0 aliphatic carbocycles. The number of nitrogens with zero attached hydrogens (tertiary/aromatic N) is 4. The Hall–Kier alpha value is -3.33. The van der Waals surface area contributed by atoms with Crippen molar-refractivity contribution in [2.75, 3.05) is 25.8 Å². The lowest BCUT2D eigenvalue weighted by Gasteiger charge is -2.10. The van der Waals surface area contributed by atoms with Gasteiger partial charge in [0.25, 0.3) is 0 Å². The summed E-state index contributed by atoms with van der Waals surface area (Å²) in [6.07, 6.45) is 3.03. The first-order valence-corrected chi connectivity index (χ1v) is 9.28. The van der Waals surface area contributed by atoms with E-state index < -0.39 is 0 Å². The van der Waals surface area contributed by atoms with E-state index in [-0.39, 0.29) is 12.5 Å². The van der Waals surface area contributed by atoms with E-state index in [0.29, 0.717) is 47.3 Å². The Balaban J connectivity index is 1.70. The van der Waals surface area contributed by atoms with Crippen LogP contribution in [0.25, 0.3) is 16.9 Å². The molecule has 3 heterocycles. The maximum atomic E-state index is 12.7. The summed E-state index contributed by atoms with van der Waals surface area (Å²) in [5.74, 6) is 1.76. The molecular formula is C20H23N5O4. The summed E-state index contributed by atoms with van der Waals surface area (Å²) in [6, 6.07) is 3.76. The van der Waals surface area contributed by atoms with Gasteiger partial charge in [-0.3, -0.25) is 4.57 Å². The standard InChI is InChI=1S/C20H23N5O4/c1-12-8-16-17(29-11-28-16)9-14(12)22-19-21-10-15-18(23-19)25(20(26)24(15)3)13(2)6-5-7-27-4/h8-10H,2,5-7,11H2,1,3-4H3,(H,21,22,23). The van der Waals surface area contributed by atoms with Crippen LogP contribution < -0.4 is 20.5 Å². The van der Waals surface area contributed by atoms with Gasteiger partial charge in [0.1, 0.15) is 5.52 Å². The average molecular weight is 397 g/mol. The lowest BCUT2D eigenvalue weighted by molar-refractivity contribution is 0.174. The van der Waals surface area contributed by atoms with E-state index in [9.17, 15) is 4.79 Å². The number of imidazole rings is 1. The number of ether oxygens (including phenoxy) is 3. The largest absolute Gasteiger partial charge is 0.454 e. The molecule has 0 radical (unpaired) electrons. The van der Waals surface area contributed by atoms with E-state index in [1.54, 1.807) is 20.4 Å². The predicted molar refractivity (Wildman–Crippen MR) is 110 cm³/mol. The van der Waals surface area contributed by atoms with Crippen LogP contribution >= 0.6 is 0 Å². The number of aryl methyl sites for hydroxylation is 2. The van der Waals surface area contributed by atoms with E-state index in [1.165, 1.54) is 9.13 Å². The summed E-state index contributed by atoms with van der Waals surface area (Å²) in [7, 11) is 3.35. The fraction of sp³-hybridized carbons (Fsp3) is 0.350. The van der Waals surface area contributed by atoms with E-state index in [4.69, 9.17) is 14.2 Å². The van der Waals surface area contributed by atoms with Gasteiger partial charge in [0.2, 0.25) is 12.7 Å². The van der Waals surface area contributed by atoms with Crippen molar-refractivity contribution in [3.05, 3.63) is 41.0 Å². The molecule has 29 heavy (non-hydrogen) atoms. The maximum absolute atomic E-state index is 12.7. The van der Waals surface area contributed by atoms with Gasteiger partial charge >= 0.3 is 5.69 Å². The number of hydrogen-bond acceptors (Lipinski definition) is 7. The Bertz CT molecular complexity index is 1150. The van der Waals surface area contributed by atoms with Crippen LogP contribution in [0.15, 0.2) is 29.7 Å². The minimum atomic E-state index is -0.201. The van der Waals surface area contributed by atoms with Crippen LogP contribution in [0.3, 0.4) is 0 Å². The van der Waals surface area contributed by atoms with Gasteiger partial charge in [-0.15, -0.1) is 0 Å². The number of fused-ring (bicyclic) bond motifs is 2. The summed E-state index contributed by atoms with van der Waals surface area (Å²) in [6.45, 7) is 6.84. The van der Waals surface area contributed by atoms with Gasteiger partial charge in [-0.05, 0) is 31.4 Å². The van der Waals surface area contributed by atoms with Crippen molar-refractivity contribution in [2.45, 2.75) is 19.8 Å². The number of anilines is 2. The van der Waals surface area contributed by atoms with Crippen molar-refractivity contribution in [2.24, 2.45) is 7.05 Å². The normalized spacial score (nSPS) is 12.5. The SMILES string of the molecule is C=C(CCCOC)n1c(=O)n(C)c2cnc(Nc3cc4c(cc3C)OCO4)nc21.